The molecular formula is C14H20N2O3S. The smallest absolute Gasteiger partial charge is 0.326 e. The first-order valence-electron chi connectivity index (χ1n) is 6.90. The number of fused-ring (bicyclic) bond motifs is 1. The molecule has 1 aliphatic heterocycles. The second-order valence-electron chi connectivity index (χ2n) is 5.05. The zero-order chi connectivity index (χ0) is 14.7. The van der Waals surface area contributed by atoms with Crippen molar-refractivity contribution in [3.05, 3.63) is 21.9 Å². The van der Waals surface area contributed by atoms with Crippen LogP contribution >= 0.6 is 11.3 Å². The number of thiophene rings is 1. The van der Waals surface area contributed by atoms with Gasteiger partial charge in [0.25, 0.3) is 0 Å². The number of amides is 2. The monoisotopic (exact) mass is 296 g/mol. The molecule has 0 aromatic carbocycles. The molecule has 0 aliphatic carbocycles. The summed E-state index contributed by atoms with van der Waals surface area (Å²) in [5.74, 6) is -0.971. The molecule has 2 rings (SSSR count). The van der Waals surface area contributed by atoms with Gasteiger partial charge in [0.15, 0.2) is 0 Å². The minimum Gasteiger partial charge on any atom is -0.480 e. The van der Waals surface area contributed by atoms with Gasteiger partial charge in [0, 0.05) is 11.4 Å². The zero-order valence-corrected chi connectivity index (χ0v) is 12.6. The van der Waals surface area contributed by atoms with Crippen LogP contribution in [0.1, 0.15) is 43.2 Å². The first-order valence-corrected chi connectivity index (χ1v) is 7.78. The highest BCUT2D eigenvalue weighted by Crippen LogP contribution is 2.32. The average Bonchev–Trinajstić information content (AvgIpc) is 2.87. The Morgan fingerprint density at radius 3 is 3.00 bits per heavy atom. The summed E-state index contributed by atoms with van der Waals surface area (Å²) in [6.07, 6.45) is 2.02. The summed E-state index contributed by atoms with van der Waals surface area (Å²) in [5.41, 5.74) is 1.18. The molecule has 0 saturated heterocycles. The van der Waals surface area contributed by atoms with Crippen molar-refractivity contribution in [3.63, 3.8) is 0 Å². The summed E-state index contributed by atoms with van der Waals surface area (Å²) in [5, 5.41) is 13.8. The number of carboxylic acids is 1. The van der Waals surface area contributed by atoms with E-state index in [2.05, 4.69) is 5.32 Å². The Kier molecular flexibility index (Phi) is 4.65. The highest BCUT2D eigenvalue weighted by atomic mass is 32.1. The summed E-state index contributed by atoms with van der Waals surface area (Å²) in [6, 6.07) is 0.963. The van der Waals surface area contributed by atoms with Gasteiger partial charge in [0.05, 0.1) is 6.04 Å². The normalized spacial score (nSPS) is 19.3. The molecule has 6 heteroatoms. The summed E-state index contributed by atoms with van der Waals surface area (Å²) in [7, 11) is 0. The van der Waals surface area contributed by atoms with Crippen molar-refractivity contribution in [2.75, 3.05) is 6.54 Å². The van der Waals surface area contributed by atoms with Crippen molar-refractivity contribution >= 4 is 23.3 Å². The Bertz CT molecular complexity index is 500. The van der Waals surface area contributed by atoms with Crippen molar-refractivity contribution in [2.24, 2.45) is 0 Å². The number of urea groups is 1. The fraction of sp³-hybridized carbons (Fsp3) is 0.571. The lowest BCUT2D eigenvalue weighted by Gasteiger charge is -2.34. The third-order valence-electron chi connectivity index (χ3n) is 3.71. The first-order chi connectivity index (χ1) is 9.54. The zero-order valence-electron chi connectivity index (χ0n) is 11.8. The second-order valence-corrected chi connectivity index (χ2v) is 6.05. The molecule has 2 heterocycles. The molecule has 1 aliphatic rings. The maximum absolute atomic E-state index is 12.3. The van der Waals surface area contributed by atoms with Crippen LogP contribution in [0.4, 0.5) is 4.79 Å². The molecule has 20 heavy (non-hydrogen) atoms. The number of nitrogens with zero attached hydrogens (tertiary/aromatic N) is 1. The van der Waals surface area contributed by atoms with Gasteiger partial charge in [-0.05, 0) is 36.8 Å². The molecule has 5 nitrogen and oxygen atoms in total. The molecular weight excluding hydrogens is 276 g/mol. The largest absolute Gasteiger partial charge is 0.480 e. The molecule has 0 radical (unpaired) electrons. The molecule has 1 unspecified atom stereocenters. The Labute approximate surface area is 122 Å². The van der Waals surface area contributed by atoms with E-state index in [0.29, 0.717) is 13.0 Å². The van der Waals surface area contributed by atoms with Crippen molar-refractivity contribution in [1.82, 2.24) is 10.2 Å². The predicted molar refractivity (Wildman–Crippen MR) is 78.0 cm³/mol. The highest BCUT2D eigenvalue weighted by Gasteiger charge is 2.30. The van der Waals surface area contributed by atoms with Crippen molar-refractivity contribution in [3.8, 4) is 0 Å². The number of hydrogen-bond donors (Lipinski definition) is 2. The third-order valence-corrected chi connectivity index (χ3v) is 4.71. The van der Waals surface area contributed by atoms with Crippen LogP contribution in [0.25, 0.3) is 0 Å². The molecule has 2 N–H and O–H groups in total. The second kappa shape index (κ2) is 6.26. The van der Waals surface area contributed by atoms with Crippen LogP contribution in [0, 0.1) is 0 Å². The number of nitrogens with one attached hydrogen (secondary N) is 1. The quantitative estimate of drug-likeness (QED) is 0.897. The number of hydrogen-bond acceptors (Lipinski definition) is 3. The van der Waals surface area contributed by atoms with Crippen molar-refractivity contribution in [2.45, 2.75) is 45.2 Å². The summed E-state index contributed by atoms with van der Waals surface area (Å²) >= 11 is 1.72. The van der Waals surface area contributed by atoms with E-state index in [1.54, 1.807) is 16.2 Å². The fourth-order valence-electron chi connectivity index (χ4n) is 2.56. The van der Waals surface area contributed by atoms with Gasteiger partial charge < -0.3 is 15.3 Å². The lowest BCUT2D eigenvalue weighted by molar-refractivity contribution is -0.139. The van der Waals surface area contributed by atoms with Gasteiger partial charge in [-0.15, -0.1) is 11.3 Å². The summed E-state index contributed by atoms with van der Waals surface area (Å²) < 4.78 is 0. The molecule has 0 fully saturated rings. The Balaban J connectivity index is 2.05. The van der Waals surface area contributed by atoms with E-state index in [-0.39, 0.29) is 12.1 Å². The fourth-order valence-corrected chi connectivity index (χ4v) is 3.53. The summed E-state index contributed by atoms with van der Waals surface area (Å²) in [6.45, 7) is 4.53. The lowest BCUT2D eigenvalue weighted by Crippen LogP contribution is -2.50. The standard InChI is InChI=1S/C14H20N2O3S/c1-3-4-11(13(17)18)15-14(19)16-7-5-12-10(9(16)2)6-8-20-12/h6,8-9,11H,3-5,7H2,1-2H3,(H,15,19)(H,17,18)/t9?,11-/m0/s1. The average molecular weight is 296 g/mol. The van der Waals surface area contributed by atoms with E-state index in [1.165, 1.54) is 10.4 Å². The van der Waals surface area contributed by atoms with E-state index < -0.39 is 12.0 Å². The highest BCUT2D eigenvalue weighted by molar-refractivity contribution is 7.10. The first kappa shape index (κ1) is 14.8. The minimum absolute atomic E-state index is 0.000992. The predicted octanol–water partition coefficient (Wildman–Crippen LogP) is 2.63. The van der Waals surface area contributed by atoms with Gasteiger partial charge in [0.1, 0.15) is 6.04 Å². The van der Waals surface area contributed by atoms with Crippen LogP contribution in [0.5, 0.6) is 0 Å². The van der Waals surface area contributed by atoms with E-state index in [4.69, 9.17) is 5.11 Å². The van der Waals surface area contributed by atoms with E-state index in [1.807, 2.05) is 25.3 Å². The van der Waals surface area contributed by atoms with Gasteiger partial charge in [-0.3, -0.25) is 0 Å². The van der Waals surface area contributed by atoms with Gasteiger partial charge in [-0.25, -0.2) is 9.59 Å². The number of carbonyl (C=O) groups excluding carboxylic acids is 1. The maximum atomic E-state index is 12.3. The van der Waals surface area contributed by atoms with Crippen LogP contribution in [0.15, 0.2) is 11.4 Å². The Morgan fingerprint density at radius 1 is 1.60 bits per heavy atom. The molecule has 2 atom stereocenters. The summed E-state index contributed by atoms with van der Waals surface area (Å²) in [4.78, 5) is 26.4. The van der Waals surface area contributed by atoms with Crippen LogP contribution in [0.2, 0.25) is 0 Å². The van der Waals surface area contributed by atoms with Crippen molar-refractivity contribution in [1.29, 1.82) is 0 Å². The van der Waals surface area contributed by atoms with Gasteiger partial charge in [-0.1, -0.05) is 13.3 Å². The number of aliphatic carboxylic acids is 1. The lowest BCUT2D eigenvalue weighted by atomic mass is 10.0. The van der Waals surface area contributed by atoms with Crippen LogP contribution in [-0.2, 0) is 11.2 Å². The van der Waals surface area contributed by atoms with Gasteiger partial charge in [0.2, 0.25) is 0 Å². The number of rotatable bonds is 4. The molecule has 0 bridgehead atoms. The van der Waals surface area contributed by atoms with Crippen LogP contribution in [-0.4, -0.2) is 34.6 Å². The van der Waals surface area contributed by atoms with Crippen LogP contribution < -0.4 is 5.32 Å². The molecule has 110 valence electrons. The van der Waals surface area contributed by atoms with E-state index in [9.17, 15) is 9.59 Å². The third kappa shape index (κ3) is 2.95. The van der Waals surface area contributed by atoms with E-state index >= 15 is 0 Å². The van der Waals surface area contributed by atoms with Gasteiger partial charge in [-0.2, -0.15) is 0 Å². The molecule has 2 amide bonds. The van der Waals surface area contributed by atoms with Crippen LogP contribution in [0.3, 0.4) is 0 Å². The Hall–Kier alpha value is -1.56. The molecule has 0 spiro atoms. The molecule has 1 aromatic heterocycles. The Morgan fingerprint density at radius 2 is 2.35 bits per heavy atom. The maximum Gasteiger partial charge on any atom is 0.326 e. The van der Waals surface area contributed by atoms with Crippen molar-refractivity contribution < 1.29 is 14.7 Å². The molecule has 0 saturated carbocycles. The topological polar surface area (TPSA) is 69.6 Å². The SMILES string of the molecule is CCC[C@H](NC(=O)N1CCc2sccc2C1C)C(=O)O. The molecule has 1 aromatic rings. The number of carbonyl (C=O) groups is 2. The minimum atomic E-state index is -0.971. The van der Waals surface area contributed by atoms with Gasteiger partial charge >= 0.3 is 12.0 Å². The van der Waals surface area contributed by atoms with E-state index in [0.717, 1.165) is 12.8 Å². The number of carboxylic acid groups (broad SMARTS) is 1.